The predicted octanol–water partition coefficient (Wildman–Crippen LogP) is 3.98. The van der Waals surface area contributed by atoms with Crippen LogP contribution in [0.25, 0.3) is 6.08 Å². The Morgan fingerprint density at radius 1 is 1.12 bits per heavy atom. The van der Waals surface area contributed by atoms with Crippen LogP contribution in [0.2, 0.25) is 0 Å². The minimum absolute atomic E-state index is 0.0689. The van der Waals surface area contributed by atoms with Crippen LogP contribution in [0.4, 0.5) is 0 Å². The van der Waals surface area contributed by atoms with Crippen LogP contribution in [0.15, 0.2) is 64.7 Å². The van der Waals surface area contributed by atoms with Gasteiger partial charge in [0.25, 0.3) is 0 Å². The third-order valence-corrected chi connectivity index (χ3v) is 6.87. The SMILES string of the molecule is Cc1ccc(S(=O)(=O)O/N=C2\CSC3C=Cc4ccccc4C23)cc1. The van der Waals surface area contributed by atoms with Crippen LogP contribution in [0.5, 0.6) is 0 Å². The van der Waals surface area contributed by atoms with Crippen molar-refractivity contribution in [2.75, 3.05) is 5.75 Å². The van der Waals surface area contributed by atoms with Gasteiger partial charge >= 0.3 is 10.1 Å². The Kier molecular flexibility index (Phi) is 4.17. The molecule has 0 N–H and O–H groups in total. The van der Waals surface area contributed by atoms with E-state index in [2.05, 4.69) is 29.4 Å². The van der Waals surface area contributed by atoms with Crippen LogP contribution in [0.1, 0.15) is 22.6 Å². The van der Waals surface area contributed by atoms with E-state index in [1.807, 2.05) is 19.1 Å². The summed E-state index contributed by atoms with van der Waals surface area (Å²) in [6.45, 7) is 1.90. The number of fused-ring (bicyclic) bond motifs is 3. The van der Waals surface area contributed by atoms with E-state index in [-0.39, 0.29) is 16.1 Å². The third kappa shape index (κ3) is 3.12. The fraction of sp³-hybridized carbons (Fsp3) is 0.211. The highest BCUT2D eigenvalue weighted by molar-refractivity contribution is 8.01. The van der Waals surface area contributed by atoms with Crippen LogP contribution in [0, 0.1) is 6.92 Å². The van der Waals surface area contributed by atoms with E-state index in [1.54, 1.807) is 23.9 Å². The van der Waals surface area contributed by atoms with Crippen LogP contribution in [0.3, 0.4) is 0 Å². The molecule has 0 aromatic heterocycles. The number of hydrogen-bond donors (Lipinski definition) is 0. The van der Waals surface area contributed by atoms with Crippen molar-refractivity contribution in [3.63, 3.8) is 0 Å². The number of aryl methyl sites for hydroxylation is 1. The van der Waals surface area contributed by atoms with E-state index < -0.39 is 10.1 Å². The van der Waals surface area contributed by atoms with Crippen LogP contribution in [-0.2, 0) is 14.4 Å². The number of oxime groups is 1. The Morgan fingerprint density at radius 2 is 1.88 bits per heavy atom. The highest BCUT2D eigenvalue weighted by atomic mass is 32.2. The minimum atomic E-state index is -3.89. The van der Waals surface area contributed by atoms with Crippen molar-refractivity contribution < 1.29 is 12.7 Å². The lowest BCUT2D eigenvalue weighted by molar-refractivity contribution is 0.337. The second-order valence-electron chi connectivity index (χ2n) is 6.17. The Morgan fingerprint density at radius 3 is 2.68 bits per heavy atom. The summed E-state index contributed by atoms with van der Waals surface area (Å²) in [4.78, 5) is 0.119. The van der Waals surface area contributed by atoms with E-state index in [4.69, 9.17) is 4.28 Å². The number of nitrogens with zero attached hydrogens (tertiary/aromatic N) is 1. The lowest BCUT2D eigenvalue weighted by atomic mass is 9.84. The van der Waals surface area contributed by atoms with Gasteiger partial charge in [0, 0.05) is 16.9 Å². The predicted molar refractivity (Wildman–Crippen MR) is 101 cm³/mol. The molecular formula is C19H17NO3S2. The zero-order valence-electron chi connectivity index (χ0n) is 13.6. The monoisotopic (exact) mass is 371 g/mol. The molecule has 6 heteroatoms. The van der Waals surface area contributed by atoms with Crippen molar-refractivity contribution in [2.24, 2.45) is 5.16 Å². The molecule has 0 amide bonds. The first kappa shape index (κ1) is 16.4. The van der Waals surface area contributed by atoms with Gasteiger partial charge in [-0.3, -0.25) is 4.28 Å². The summed E-state index contributed by atoms with van der Waals surface area (Å²) in [6.07, 6.45) is 4.28. The highest BCUT2D eigenvalue weighted by Crippen LogP contribution is 2.43. The van der Waals surface area contributed by atoms with Gasteiger partial charge in [-0.05, 0) is 30.2 Å². The molecule has 1 aliphatic heterocycles. The average molecular weight is 371 g/mol. The summed E-state index contributed by atoms with van der Waals surface area (Å²) in [5.74, 6) is 0.733. The zero-order valence-corrected chi connectivity index (χ0v) is 15.3. The molecule has 2 unspecified atom stereocenters. The van der Waals surface area contributed by atoms with Crippen molar-refractivity contribution >= 4 is 33.7 Å². The molecule has 4 nitrogen and oxygen atoms in total. The first-order valence-electron chi connectivity index (χ1n) is 8.00. The van der Waals surface area contributed by atoms with E-state index in [0.29, 0.717) is 5.75 Å². The third-order valence-electron chi connectivity index (χ3n) is 4.47. The van der Waals surface area contributed by atoms with Crippen LogP contribution in [-0.4, -0.2) is 25.1 Å². The number of rotatable bonds is 3. The average Bonchev–Trinajstić information content (AvgIpc) is 3.04. The molecule has 0 radical (unpaired) electrons. The van der Waals surface area contributed by atoms with Gasteiger partial charge in [-0.25, -0.2) is 0 Å². The molecule has 0 bridgehead atoms. The van der Waals surface area contributed by atoms with Gasteiger partial charge in [-0.15, -0.1) is 11.8 Å². The fourth-order valence-electron chi connectivity index (χ4n) is 3.15. The van der Waals surface area contributed by atoms with E-state index >= 15 is 0 Å². The highest BCUT2D eigenvalue weighted by Gasteiger charge is 2.37. The molecule has 4 rings (SSSR count). The smallest absolute Gasteiger partial charge is 0.265 e. The first-order valence-corrected chi connectivity index (χ1v) is 10.5. The molecule has 0 saturated carbocycles. The molecule has 1 saturated heterocycles. The fourth-order valence-corrected chi connectivity index (χ4v) is 5.18. The molecular weight excluding hydrogens is 354 g/mol. The maximum absolute atomic E-state index is 12.4. The van der Waals surface area contributed by atoms with E-state index in [0.717, 1.165) is 16.8 Å². The molecule has 1 aliphatic carbocycles. The Bertz CT molecular complexity index is 962. The summed E-state index contributed by atoms with van der Waals surface area (Å²) in [7, 11) is -3.89. The molecule has 128 valence electrons. The van der Waals surface area contributed by atoms with Crippen molar-refractivity contribution in [1.82, 2.24) is 0 Å². The van der Waals surface area contributed by atoms with Gasteiger partial charge in [-0.1, -0.05) is 59.3 Å². The van der Waals surface area contributed by atoms with Crippen molar-refractivity contribution in [3.8, 4) is 0 Å². The van der Waals surface area contributed by atoms with Crippen molar-refractivity contribution in [2.45, 2.75) is 23.0 Å². The van der Waals surface area contributed by atoms with E-state index in [1.165, 1.54) is 17.7 Å². The summed E-state index contributed by atoms with van der Waals surface area (Å²) < 4.78 is 29.7. The summed E-state index contributed by atoms with van der Waals surface area (Å²) >= 11 is 1.75. The number of benzene rings is 2. The van der Waals surface area contributed by atoms with Gasteiger partial charge in [-0.2, -0.15) is 8.42 Å². The molecule has 2 aromatic carbocycles. The van der Waals surface area contributed by atoms with Gasteiger partial charge in [0.05, 0.1) is 5.71 Å². The maximum Gasteiger partial charge on any atom is 0.358 e. The molecule has 0 spiro atoms. The van der Waals surface area contributed by atoms with Crippen LogP contribution >= 0.6 is 11.8 Å². The number of thioether (sulfide) groups is 1. The first-order chi connectivity index (χ1) is 12.0. The van der Waals surface area contributed by atoms with Gasteiger partial charge in [0.15, 0.2) is 0 Å². The Labute approximate surface area is 151 Å². The Hall–Kier alpha value is -2.05. The largest absolute Gasteiger partial charge is 0.358 e. The van der Waals surface area contributed by atoms with Crippen molar-refractivity contribution in [3.05, 3.63) is 71.3 Å². The standard InChI is InChI=1S/C19H17NO3S2/c1-13-6-9-15(10-7-13)25(21,22)23-20-17-12-24-18-11-8-14-4-2-3-5-16(14)19(17)18/h2-11,18-19H,12H2,1H3/b20-17+. The molecule has 1 heterocycles. The Balaban J connectivity index is 1.62. The summed E-state index contributed by atoms with van der Waals surface area (Å²) in [5.41, 5.74) is 4.09. The van der Waals surface area contributed by atoms with Gasteiger partial charge in [0.2, 0.25) is 0 Å². The minimum Gasteiger partial charge on any atom is -0.265 e. The molecule has 25 heavy (non-hydrogen) atoms. The summed E-state index contributed by atoms with van der Waals surface area (Å²) in [6, 6.07) is 14.7. The van der Waals surface area contributed by atoms with Crippen molar-refractivity contribution in [1.29, 1.82) is 0 Å². The van der Waals surface area contributed by atoms with E-state index in [9.17, 15) is 8.42 Å². The maximum atomic E-state index is 12.4. The second kappa shape index (κ2) is 6.35. The normalized spacial score (nSPS) is 23.3. The van der Waals surface area contributed by atoms with Gasteiger partial charge < -0.3 is 0 Å². The lowest BCUT2D eigenvalue weighted by Gasteiger charge is -2.22. The second-order valence-corrected chi connectivity index (χ2v) is 8.86. The van der Waals surface area contributed by atoms with Crippen LogP contribution < -0.4 is 0 Å². The quantitative estimate of drug-likeness (QED) is 0.766. The summed E-state index contributed by atoms with van der Waals surface area (Å²) in [5, 5.41) is 4.33. The molecule has 2 aliphatic rings. The number of hydrogen-bond acceptors (Lipinski definition) is 5. The zero-order chi connectivity index (χ0) is 17.4. The molecule has 2 atom stereocenters. The molecule has 2 aromatic rings. The molecule has 1 fully saturated rings. The van der Waals surface area contributed by atoms with Gasteiger partial charge in [0.1, 0.15) is 4.90 Å². The lowest BCUT2D eigenvalue weighted by Crippen LogP contribution is -2.20. The topological polar surface area (TPSA) is 55.7 Å².